The number of hydrogen-bond donors (Lipinski definition) is 0. The summed E-state index contributed by atoms with van der Waals surface area (Å²) in [4.78, 5) is 12.0. The van der Waals surface area contributed by atoms with Gasteiger partial charge in [-0.3, -0.25) is 4.79 Å². The third kappa shape index (κ3) is 3.88. The van der Waals surface area contributed by atoms with Gasteiger partial charge in [0.2, 0.25) is 0 Å². The normalized spacial score (nSPS) is 21.1. The van der Waals surface area contributed by atoms with E-state index < -0.39 is 0 Å². The molecule has 1 saturated carbocycles. The van der Waals surface area contributed by atoms with Crippen molar-refractivity contribution in [3.63, 3.8) is 0 Å². The van der Waals surface area contributed by atoms with Crippen molar-refractivity contribution in [2.75, 3.05) is 21.3 Å². The lowest BCUT2D eigenvalue weighted by Crippen LogP contribution is -2.28. The second kappa shape index (κ2) is 7.31. The lowest BCUT2D eigenvalue weighted by atomic mass is 10.1. The summed E-state index contributed by atoms with van der Waals surface area (Å²) in [5.74, 6) is 1.01. The minimum absolute atomic E-state index is 0.0272. The van der Waals surface area contributed by atoms with E-state index in [-0.39, 0.29) is 24.6 Å². The Morgan fingerprint density at radius 1 is 1.10 bits per heavy atom. The van der Waals surface area contributed by atoms with E-state index in [0.717, 1.165) is 24.8 Å². The van der Waals surface area contributed by atoms with Gasteiger partial charge in [-0.2, -0.15) is 0 Å². The molecule has 0 heterocycles. The van der Waals surface area contributed by atoms with Crippen LogP contribution in [0.15, 0.2) is 18.2 Å². The zero-order valence-electron chi connectivity index (χ0n) is 12.8. The SMILES string of the molecule is COc1ccc(CC(=O)O[C@@H]2CCC[C@H]2OC)cc1OC. The Morgan fingerprint density at radius 2 is 1.81 bits per heavy atom. The van der Waals surface area contributed by atoms with Gasteiger partial charge in [-0.05, 0) is 37.0 Å². The largest absolute Gasteiger partial charge is 0.493 e. The summed E-state index contributed by atoms with van der Waals surface area (Å²) in [5.41, 5.74) is 0.838. The number of ether oxygens (including phenoxy) is 4. The molecule has 21 heavy (non-hydrogen) atoms. The smallest absolute Gasteiger partial charge is 0.310 e. The van der Waals surface area contributed by atoms with Crippen LogP contribution in [0.2, 0.25) is 0 Å². The molecule has 1 aliphatic carbocycles. The van der Waals surface area contributed by atoms with Crippen molar-refractivity contribution in [2.45, 2.75) is 37.9 Å². The highest BCUT2D eigenvalue weighted by Crippen LogP contribution is 2.28. The van der Waals surface area contributed by atoms with Gasteiger partial charge in [0.15, 0.2) is 11.5 Å². The summed E-state index contributed by atoms with van der Waals surface area (Å²) in [6, 6.07) is 5.42. The monoisotopic (exact) mass is 294 g/mol. The van der Waals surface area contributed by atoms with Crippen LogP contribution in [0.1, 0.15) is 24.8 Å². The average molecular weight is 294 g/mol. The topological polar surface area (TPSA) is 54.0 Å². The number of carbonyl (C=O) groups is 1. The van der Waals surface area contributed by atoms with Gasteiger partial charge < -0.3 is 18.9 Å². The van der Waals surface area contributed by atoms with E-state index in [1.807, 2.05) is 6.07 Å². The van der Waals surface area contributed by atoms with Crippen LogP contribution in [0.3, 0.4) is 0 Å². The molecule has 0 radical (unpaired) electrons. The van der Waals surface area contributed by atoms with Crippen LogP contribution in [-0.2, 0) is 20.7 Å². The number of esters is 1. The molecule has 1 aromatic rings. The maximum absolute atomic E-state index is 12.0. The van der Waals surface area contributed by atoms with Crippen LogP contribution in [0, 0.1) is 0 Å². The molecule has 0 saturated heterocycles. The molecule has 1 aromatic carbocycles. The summed E-state index contributed by atoms with van der Waals surface area (Å²) in [5, 5.41) is 0. The van der Waals surface area contributed by atoms with Crippen molar-refractivity contribution >= 4 is 5.97 Å². The maximum Gasteiger partial charge on any atom is 0.310 e. The Labute approximate surface area is 125 Å². The molecule has 5 nitrogen and oxygen atoms in total. The summed E-state index contributed by atoms with van der Waals surface area (Å²) >= 11 is 0. The molecule has 1 fully saturated rings. The molecule has 0 N–H and O–H groups in total. The van der Waals surface area contributed by atoms with E-state index in [1.165, 1.54) is 0 Å². The van der Waals surface area contributed by atoms with Crippen LogP contribution < -0.4 is 9.47 Å². The standard InChI is InChI=1S/C16H22O5/c1-18-12-5-4-6-14(12)21-16(17)10-11-7-8-13(19-2)15(9-11)20-3/h7-9,12,14H,4-6,10H2,1-3H3/t12-,14-/m1/s1. The van der Waals surface area contributed by atoms with Gasteiger partial charge in [-0.25, -0.2) is 0 Å². The third-order valence-corrected chi connectivity index (χ3v) is 3.77. The van der Waals surface area contributed by atoms with E-state index in [1.54, 1.807) is 33.5 Å². The molecule has 1 aliphatic rings. The Hall–Kier alpha value is -1.75. The van der Waals surface area contributed by atoms with Gasteiger partial charge in [0.25, 0.3) is 0 Å². The second-order valence-electron chi connectivity index (χ2n) is 5.10. The highest BCUT2D eigenvalue weighted by atomic mass is 16.6. The predicted molar refractivity (Wildman–Crippen MR) is 77.8 cm³/mol. The number of benzene rings is 1. The summed E-state index contributed by atoms with van der Waals surface area (Å²) in [7, 11) is 4.81. The van der Waals surface area contributed by atoms with Crippen LogP contribution in [-0.4, -0.2) is 39.5 Å². The molecule has 0 amide bonds. The van der Waals surface area contributed by atoms with Gasteiger partial charge in [-0.15, -0.1) is 0 Å². The van der Waals surface area contributed by atoms with Gasteiger partial charge in [-0.1, -0.05) is 6.07 Å². The molecular weight excluding hydrogens is 272 g/mol. The Morgan fingerprint density at radius 3 is 2.48 bits per heavy atom. The first kappa shape index (κ1) is 15.6. The molecule has 0 spiro atoms. The van der Waals surface area contributed by atoms with Crippen molar-refractivity contribution in [3.8, 4) is 11.5 Å². The van der Waals surface area contributed by atoms with Crippen molar-refractivity contribution in [3.05, 3.63) is 23.8 Å². The summed E-state index contributed by atoms with van der Waals surface area (Å²) in [6.45, 7) is 0. The third-order valence-electron chi connectivity index (χ3n) is 3.77. The number of methoxy groups -OCH3 is 3. The first-order chi connectivity index (χ1) is 10.2. The Bertz CT molecular complexity index is 486. The van der Waals surface area contributed by atoms with Crippen molar-refractivity contribution in [1.82, 2.24) is 0 Å². The lowest BCUT2D eigenvalue weighted by molar-refractivity contribution is -0.153. The number of rotatable bonds is 6. The number of carbonyl (C=O) groups excluding carboxylic acids is 1. The first-order valence-corrected chi connectivity index (χ1v) is 7.11. The molecule has 2 rings (SSSR count). The lowest BCUT2D eigenvalue weighted by Gasteiger charge is -2.18. The fourth-order valence-electron chi connectivity index (χ4n) is 2.66. The van der Waals surface area contributed by atoms with Crippen LogP contribution in [0.25, 0.3) is 0 Å². The minimum atomic E-state index is -0.240. The molecule has 0 unspecified atom stereocenters. The Balaban J connectivity index is 1.96. The molecule has 0 aliphatic heterocycles. The zero-order chi connectivity index (χ0) is 15.2. The zero-order valence-corrected chi connectivity index (χ0v) is 12.8. The molecular formula is C16H22O5. The van der Waals surface area contributed by atoms with Gasteiger partial charge >= 0.3 is 5.97 Å². The highest BCUT2D eigenvalue weighted by molar-refractivity contribution is 5.73. The van der Waals surface area contributed by atoms with Crippen LogP contribution in [0.5, 0.6) is 11.5 Å². The van der Waals surface area contributed by atoms with E-state index in [4.69, 9.17) is 18.9 Å². The van der Waals surface area contributed by atoms with Gasteiger partial charge in [0, 0.05) is 7.11 Å². The maximum atomic E-state index is 12.0. The van der Waals surface area contributed by atoms with Crippen LogP contribution in [0.4, 0.5) is 0 Å². The number of hydrogen-bond acceptors (Lipinski definition) is 5. The van der Waals surface area contributed by atoms with Crippen LogP contribution >= 0.6 is 0 Å². The highest BCUT2D eigenvalue weighted by Gasteiger charge is 2.30. The first-order valence-electron chi connectivity index (χ1n) is 7.11. The molecule has 116 valence electrons. The summed E-state index contributed by atoms with van der Waals surface area (Å²) < 4.78 is 21.2. The Kier molecular flexibility index (Phi) is 5.44. The summed E-state index contributed by atoms with van der Waals surface area (Å²) in [6.07, 6.45) is 2.98. The quantitative estimate of drug-likeness (QED) is 0.754. The molecule has 0 aromatic heterocycles. The molecule has 0 bridgehead atoms. The van der Waals surface area contributed by atoms with Gasteiger partial charge in [0.1, 0.15) is 6.10 Å². The molecule has 2 atom stereocenters. The van der Waals surface area contributed by atoms with Gasteiger partial charge in [0.05, 0.1) is 26.7 Å². The minimum Gasteiger partial charge on any atom is -0.493 e. The second-order valence-corrected chi connectivity index (χ2v) is 5.10. The predicted octanol–water partition coefficient (Wildman–Crippen LogP) is 2.36. The fraction of sp³-hybridized carbons (Fsp3) is 0.562. The van der Waals surface area contributed by atoms with Crippen molar-refractivity contribution in [2.24, 2.45) is 0 Å². The average Bonchev–Trinajstić information content (AvgIpc) is 2.94. The van der Waals surface area contributed by atoms with Crippen molar-refractivity contribution in [1.29, 1.82) is 0 Å². The van der Waals surface area contributed by atoms with E-state index in [0.29, 0.717) is 11.5 Å². The molecule has 5 heteroatoms. The fourth-order valence-corrected chi connectivity index (χ4v) is 2.66. The van der Waals surface area contributed by atoms with Crippen molar-refractivity contribution < 1.29 is 23.7 Å². The van der Waals surface area contributed by atoms with E-state index in [9.17, 15) is 4.79 Å². The van der Waals surface area contributed by atoms with E-state index >= 15 is 0 Å². The van der Waals surface area contributed by atoms with E-state index in [2.05, 4.69) is 0 Å².